The van der Waals surface area contributed by atoms with E-state index in [2.05, 4.69) is 19.9 Å². The van der Waals surface area contributed by atoms with Crippen molar-refractivity contribution >= 4 is 11.5 Å². The third kappa shape index (κ3) is 2.10. The Morgan fingerprint density at radius 1 is 1.44 bits per heavy atom. The monoisotopic (exact) mass is 232 g/mol. The summed E-state index contributed by atoms with van der Waals surface area (Å²) in [6.45, 7) is 0.868. The van der Waals surface area contributed by atoms with E-state index in [4.69, 9.17) is 0 Å². The molecule has 82 valence electrons. The molecule has 3 rings (SSSR count). The van der Waals surface area contributed by atoms with Crippen molar-refractivity contribution in [2.24, 2.45) is 0 Å². The van der Waals surface area contributed by atoms with Gasteiger partial charge in [0, 0.05) is 30.5 Å². The second kappa shape index (κ2) is 4.27. The topological polar surface area (TPSA) is 50.7 Å². The highest BCUT2D eigenvalue weighted by molar-refractivity contribution is 7.05. The van der Waals surface area contributed by atoms with E-state index < -0.39 is 0 Å². The molecule has 0 atom stereocenters. The normalized spacial score (nSPS) is 15.2. The summed E-state index contributed by atoms with van der Waals surface area (Å²) in [5, 5.41) is 7.65. The fraction of sp³-hybridized carbons (Fsp3) is 0.364. The molecule has 2 aromatic heterocycles. The number of nitrogens with zero attached hydrogens (tertiary/aromatic N) is 3. The number of pyridine rings is 1. The fourth-order valence-corrected chi connectivity index (χ4v) is 2.19. The van der Waals surface area contributed by atoms with Crippen LogP contribution in [-0.4, -0.2) is 20.6 Å². The molecule has 0 amide bonds. The first-order chi connectivity index (χ1) is 7.93. The minimum Gasteiger partial charge on any atom is -0.309 e. The molecule has 16 heavy (non-hydrogen) atoms. The molecular formula is C11H12N4S. The van der Waals surface area contributed by atoms with Crippen LogP contribution in [0.3, 0.4) is 0 Å². The highest BCUT2D eigenvalue weighted by atomic mass is 32.1. The summed E-state index contributed by atoms with van der Waals surface area (Å²) in [6.07, 6.45) is 6.20. The van der Waals surface area contributed by atoms with Crippen LogP contribution in [0.25, 0.3) is 11.3 Å². The quantitative estimate of drug-likeness (QED) is 0.874. The smallest absolute Gasteiger partial charge is 0.111 e. The van der Waals surface area contributed by atoms with Crippen molar-refractivity contribution in [2.45, 2.75) is 25.4 Å². The molecule has 1 N–H and O–H groups in total. The van der Waals surface area contributed by atoms with Gasteiger partial charge < -0.3 is 5.32 Å². The van der Waals surface area contributed by atoms with Gasteiger partial charge in [-0.25, -0.2) is 0 Å². The van der Waals surface area contributed by atoms with Crippen LogP contribution >= 0.6 is 11.5 Å². The van der Waals surface area contributed by atoms with Gasteiger partial charge >= 0.3 is 0 Å². The van der Waals surface area contributed by atoms with Gasteiger partial charge in [-0.15, -0.1) is 5.10 Å². The number of hydrogen-bond acceptors (Lipinski definition) is 5. The van der Waals surface area contributed by atoms with Crippen LogP contribution in [0.5, 0.6) is 0 Å². The van der Waals surface area contributed by atoms with E-state index in [1.165, 1.54) is 29.3 Å². The average Bonchev–Trinajstić information content (AvgIpc) is 3.05. The van der Waals surface area contributed by atoms with Crippen molar-refractivity contribution in [1.82, 2.24) is 19.9 Å². The third-order valence-electron chi connectivity index (χ3n) is 2.62. The first-order valence-corrected chi connectivity index (χ1v) is 6.16. The Bertz CT molecular complexity index is 464. The predicted octanol–water partition coefficient (Wildman–Crippen LogP) is 1.85. The molecule has 2 heterocycles. The summed E-state index contributed by atoms with van der Waals surface area (Å²) >= 11 is 1.46. The summed E-state index contributed by atoms with van der Waals surface area (Å²) in [5.41, 5.74) is 2.01. The minimum atomic E-state index is 0.712. The summed E-state index contributed by atoms with van der Waals surface area (Å²) in [4.78, 5) is 5.30. The van der Waals surface area contributed by atoms with E-state index in [0.717, 1.165) is 17.8 Å². The number of aromatic nitrogens is 3. The molecule has 0 spiro atoms. The molecule has 0 bridgehead atoms. The van der Waals surface area contributed by atoms with Gasteiger partial charge in [-0.1, -0.05) is 4.49 Å². The second-order valence-corrected chi connectivity index (χ2v) is 4.78. The van der Waals surface area contributed by atoms with Crippen molar-refractivity contribution in [3.8, 4) is 11.3 Å². The fourth-order valence-electron chi connectivity index (χ4n) is 1.57. The van der Waals surface area contributed by atoms with Crippen molar-refractivity contribution < 1.29 is 0 Å². The first-order valence-electron chi connectivity index (χ1n) is 5.38. The number of nitrogens with one attached hydrogen (secondary N) is 1. The third-order valence-corrected chi connectivity index (χ3v) is 3.34. The molecule has 1 aliphatic rings. The lowest BCUT2D eigenvalue weighted by molar-refractivity contribution is 0.695. The van der Waals surface area contributed by atoms with Gasteiger partial charge in [0.25, 0.3) is 0 Å². The maximum Gasteiger partial charge on any atom is 0.111 e. The van der Waals surface area contributed by atoms with Crippen molar-refractivity contribution in [1.29, 1.82) is 0 Å². The van der Waals surface area contributed by atoms with Crippen LogP contribution in [0.15, 0.2) is 24.5 Å². The Kier molecular flexibility index (Phi) is 2.63. The molecule has 4 nitrogen and oxygen atoms in total. The standard InChI is InChI=1S/C11H12N4S/c1-2-8(6-12-5-1)11-10(16-15-14-11)7-13-9-3-4-9/h1-2,5-6,9,13H,3-4,7H2. The highest BCUT2D eigenvalue weighted by Gasteiger charge is 2.21. The molecule has 0 unspecified atom stereocenters. The van der Waals surface area contributed by atoms with Gasteiger partial charge in [0.1, 0.15) is 5.69 Å². The number of rotatable bonds is 4. The predicted molar refractivity (Wildman–Crippen MR) is 63.0 cm³/mol. The lowest BCUT2D eigenvalue weighted by atomic mass is 10.2. The van der Waals surface area contributed by atoms with E-state index in [1.54, 1.807) is 6.20 Å². The Labute approximate surface area is 97.9 Å². The summed E-state index contributed by atoms with van der Waals surface area (Å²) in [5.74, 6) is 0. The van der Waals surface area contributed by atoms with Gasteiger partial charge in [-0.05, 0) is 36.5 Å². The average molecular weight is 232 g/mol. The van der Waals surface area contributed by atoms with E-state index >= 15 is 0 Å². The van der Waals surface area contributed by atoms with E-state index in [1.807, 2.05) is 18.3 Å². The maximum absolute atomic E-state index is 4.17. The SMILES string of the molecule is c1cncc(-c2nnsc2CNC2CC2)c1. The molecule has 1 saturated carbocycles. The van der Waals surface area contributed by atoms with Crippen molar-refractivity contribution in [2.75, 3.05) is 0 Å². The van der Waals surface area contributed by atoms with Crippen LogP contribution in [0.1, 0.15) is 17.7 Å². The molecular weight excluding hydrogens is 220 g/mol. The van der Waals surface area contributed by atoms with Gasteiger partial charge in [-0.2, -0.15) is 0 Å². The Hall–Kier alpha value is -1.33. The van der Waals surface area contributed by atoms with Gasteiger partial charge in [-0.3, -0.25) is 4.98 Å². The van der Waals surface area contributed by atoms with E-state index in [9.17, 15) is 0 Å². The van der Waals surface area contributed by atoms with Crippen LogP contribution in [0.4, 0.5) is 0 Å². The van der Waals surface area contributed by atoms with Gasteiger partial charge in [0.2, 0.25) is 0 Å². The summed E-state index contributed by atoms with van der Waals surface area (Å²) < 4.78 is 4.02. The van der Waals surface area contributed by atoms with Crippen LogP contribution in [0, 0.1) is 0 Å². The van der Waals surface area contributed by atoms with Crippen LogP contribution in [0.2, 0.25) is 0 Å². The van der Waals surface area contributed by atoms with Crippen molar-refractivity contribution in [3.63, 3.8) is 0 Å². The van der Waals surface area contributed by atoms with Gasteiger partial charge in [0.15, 0.2) is 0 Å². The molecule has 2 aromatic rings. The van der Waals surface area contributed by atoms with Crippen LogP contribution in [-0.2, 0) is 6.54 Å². The molecule has 1 aliphatic carbocycles. The zero-order valence-corrected chi connectivity index (χ0v) is 9.57. The van der Waals surface area contributed by atoms with Gasteiger partial charge in [0.05, 0.1) is 4.88 Å². The molecule has 0 aliphatic heterocycles. The lowest BCUT2D eigenvalue weighted by Gasteiger charge is -2.01. The van der Waals surface area contributed by atoms with E-state index in [0.29, 0.717) is 6.04 Å². The molecule has 5 heteroatoms. The molecule has 0 radical (unpaired) electrons. The minimum absolute atomic E-state index is 0.712. The highest BCUT2D eigenvalue weighted by Crippen LogP contribution is 2.25. The maximum atomic E-state index is 4.17. The first kappa shape index (κ1) is 9.86. The Morgan fingerprint density at radius 3 is 3.12 bits per heavy atom. The van der Waals surface area contributed by atoms with Crippen molar-refractivity contribution in [3.05, 3.63) is 29.4 Å². The number of hydrogen-bond donors (Lipinski definition) is 1. The summed E-state index contributed by atoms with van der Waals surface area (Å²) in [7, 11) is 0. The molecule has 1 fully saturated rings. The Balaban J connectivity index is 1.81. The zero-order chi connectivity index (χ0) is 10.8. The zero-order valence-electron chi connectivity index (χ0n) is 8.76. The van der Waals surface area contributed by atoms with E-state index in [-0.39, 0.29) is 0 Å². The molecule has 0 aromatic carbocycles. The molecule has 0 saturated heterocycles. The second-order valence-electron chi connectivity index (χ2n) is 3.94. The van der Waals surface area contributed by atoms with Crippen LogP contribution < -0.4 is 5.32 Å². The summed E-state index contributed by atoms with van der Waals surface area (Å²) in [6, 6.07) is 4.65. The Morgan fingerprint density at radius 2 is 2.38 bits per heavy atom. The largest absolute Gasteiger partial charge is 0.309 e. The lowest BCUT2D eigenvalue weighted by Crippen LogP contribution is -2.14.